The van der Waals surface area contributed by atoms with Crippen molar-refractivity contribution in [1.29, 1.82) is 0 Å². The number of rotatable bonds is 6. The molecule has 1 saturated heterocycles. The van der Waals surface area contributed by atoms with E-state index in [1.807, 2.05) is 0 Å². The van der Waals surface area contributed by atoms with Crippen LogP contribution in [-0.2, 0) is 14.8 Å². The molecule has 0 saturated carbocycles. The van der Waals surface area contributed by atoms with E-state index < -0.39 is 10.0 Å². The van der Waals surface area contributed by atoms with E-state index in [2.05, 4.69) is 15.4 Å². The van der Waals surface area contributed by atoms with Gasteiger partial charge in [-0.15, -0.1) is 0 Å². The first-order chi connectivity index (χ1) is 10.1. The van der Waals surface area contributed by atoms with Crippen LogP contribution in [-0.4, -0.2) is 40.0 Å². The monoisotopic (exact) mass is 311 g/mol. The van der Waals surface area contributed by atoms with Crippen molar-refractivity contribution in [1.82, 2.24) is 15.4 Å². The van der Waals surface area contributed by atoms with Gasteiger partial charge in [-0.3, -0.25) is 4.79 Å². The van der Waals surface area contributed by atoms with Crippen molar-refractivity contribution in [3.63, 3.8) is 0 Å². The van der Waals surface area contributed by atoms with Crippen LogP contribution in [0.2, 0.25) is 0 Å². The quantitative estimate of drug-likeness (QED) is 0.701. The molecule has 1 aromatic carbocycles. The summed E-state index contributed by atoms with van der Waals surface area (Å²) >= 11 is 0. The third-order valence-corrected chi connectivity index (χ3v) is 4.88. The van der Waals surface area contributed by atoms with Gasteiger partial charge in [0.1, 0.15) is 0 Å². The van der Waals surface area contributed by atoms with E-state index in [1.54, 1.807) is 18.2 Å². The molecule has 7 heteroatoms. The highest BCUT2D eigenvalue weighted by atomic mass is 32.2. The number of benzene rings is 1. The first kappa shape index (κ1) is 15.9. The van der Waals surface area contributed by atoms with Gasteiger partial charge in [0.05, 0.1) is 4.90 Å². The second-order valence-corrected chi connectivity index (χ2v) is 6.82. The minimum atomic E-state index is -3.53. The maximum atomic E-state index is 12.0. The molecule has 0 spiro atoms. The number of hydrogen-bond acceptors (Lipinski definition) is 4. The highest BCUT2D eigenvalue weighted by molar-refractivity contribution is 7.89. The zero-order valence-corrected chi connectivity index (χ0v) is 12.7. The molecule has 0 aromatic heterocycles. The molecule has 1 amide bonds. The second-order valence-electron chi connectivity index (χ2n) is 5.05. The van der Waals surface area contributed by atoms with E-state index in [0.717, 1.165) is 25.9 Å². The predicted octanol–water partition coefficient (Wildman–Crippen LogP) is 0.223. The average molecular weight is 311 g/mol. The van der Waals surface area contributed by atoms with Gasteiger partial charge in [0.25, 0.3) is 0 Å². The summed E-state index contributed by atoms with van der Waals surface area (Å²) in [5.74, 6) is -0.113. The normalized spacial score (nSPS) is 16.6. The van der Waals surface area contributed by atoms with Gasteiger partial charge < -0.3 is 10.6 Å². The lowest BCUT2D eigenvalue weighted by Gasteiger charge is -2.23. The fourth-order valence-electron chi connectivity index (χ4n) is 2.25. The largest absolute Gasteiger partial charge is 0.353 e. The number of hydrogen-bond donors (Lipinski definition) is 3. The number of amides is 1. The Bertz CT molecular complexity index is 554. The zero-order valence-electron chi connectivity index (χ0n) is 11.8. The van der Waals surface area contributed by atoms with Crippen LogP contribution in [0, 0.1) is 0 Å². The van der Waals surface area contributed by atoms with Crippen molar-refractivity contribution in [3.05, 3.63) is 30.3 Å². The lowest BCUT2D eigenvalue weighted by molar-refractivity contribution is -0.121. The lowest BCUT2D eigenvalue weighted by Crippen LogP contribution is -2.43. The van der Waals surface area contributed by atoms with Gasteiger partial charge in [0, 0.05) is 19.0 Å². The molecule has 21 heavy (non-hydrogen) atoms. The smallest absolute Gasteiger partial charge is 0.240 e. The Morgan fingerprint density at radius 2 is 1.86 bits per heavy atom. The fourth-order valence-corrected chi connectivity index (χ4v) is 3.30. The molecule has 0 aliphatic carbocycles. The zero-order chi connectivity index (χ0) is 15.1. The van der Waals surface area contributed by atoms with Crippen LogP contribution in [0.4, 0.5) is 0 Å². The van der Waals surface area contributed by atoms with Crippen molar-refractivity contribution in [2.24, 2.45) is 0 Å². The van der Waals surface area contributed by atoms with Crippen molar-refractivity contribution >= 4 is 15.9 Å². The van der Waals surface area contributed by atoms with Gasteiger partial charge in [-0.25, -0.2) is 13.1 Å². The lowest BCUT2D eigenvalue weighted by atomic mass is 10.1. The van der Waals surface area contributed by atoms with Crippen LogP contribution in [0.25, 0.3) is 0 Å². The minimum absolute atomic E-state index is 0.105. The van der Waals surface area contributed by atoms with Crippen LogP contribution in [0.15, 0.2) is 35.2 Å². The van der Waals surface area contributed by atoms with E-state index in [1.165, 1.54) is 12.1 Å². The molecule has 1 fully saturated rings. The Labute approximate surface area is 125 Å². The van der Waals surface area contributed by atoms with Crippen LogP contribution in [0.3, 0.4) is 0 Å². The molecule has 0 unspecified atom stereocenters. The fraction of sp³-hybridized carbons (Fsp3) is 0.500. The molecular weight excluding hydrogens is 290 g/mol. The van der Waals surface area contributed by atoms with Gasteiger partial charge in [0.2, 0.25) is 15.9 Å². The number of carbonyl (C=O) groups is 1. The first-order valence-electron chi connectivity index (χ1n) is 7.13. The Kier molecular flexibility index (Phi) is 5.72. The molecular formula is C14H21N3O3S. The maximum Gasteiger partial charge on any atom is 0.240 e. The molecule has 1 aliphatic rings. The van der Waals surface area contributed by atoms with Gasteiger partial charge in [-0.2, -0.15) is 0 Å². The van der Waals surface area contributed by atoms with Crippen molar-refractivity contribution in [2.45, 2.75) is 30.2 Å². The summed E-state index contributed by atoms with van der Waals surface area (Å²) in [6.07, 6.45) is 1.99. The molecule has 0 atom stereocenters. The third-order valence-electron chi connectivity index (χ3n) is 3.40. The molecule has 1 heterocycles. The maximum absolute atomic E-state index is 12.0. The standard InChI is InChI=1S/C14H21N3O3S/c18-14(17-12-6-9-15-10-7-12)8-11-16-21(19,20)13-4-2-1-3-5-13/h1-5,12,15-16H,6-11H2,(H,17,18). The molecule has 0 radical (unpaired) electrons. The average Bonchev–Trinajstić information content (AvgIpc) is 2.49. The first-order valence-corrected chi connectivity index (χ1v) is 8.61. The van der Waals surface area contributed by atoms with Gasteiger partial charge in [-0.05, 0) is 38.1 Å². The van der Waals surface area contributed by atoms with E-state index >= 15 is 0 Å². The molecule has 116 valence electrons. The number of nitrogens with one attached hydrogen (secondary N) is 3. The third kappa shape index (κ3) is 5.11. The summed E-state index contributed by atoms with van der Waals surface area (Å²) < 4.78 is 26.3. The summed E-state index contributed by atoms with van der Waals surface area (Å²) in [7, 11) is -3.53. The topological polar surface area (TPSA) is 87.3 Å². The summed E-state index contributed by atoms with van der Waals surface area (Å²) in [6, 6.07) is 8.33. The number of carbonyl (C=O) groups excluding carboxylic acids is 1. The van der Waals surface area contributed by atoms with Crippen LogP contribution in [0.5, 0.6) is 0 Å². The van der Waals surface area contributed by atoms with Crippen molar-refractivity contribution in [3.8, 4) is 0 Å². The summed E-state index contributed by atoms with van der Waals surface area (Å²) in [6.45, 7) is 1.92. The Morgan fingerprint density at radius 1 is 1.19 bits per heavy atom. The molecule has 1 aromatic rings. The number of sulfonamides is 1. The SMILES string of the molecule is O=C(CCNS(=O)(=O)c1ccccc1)NC1CCNCC1. The molecule has 2 rings (SSSR count). The second kappa shape index (κ2) is 7.53. The highest BCUT2D eigenvalue weighted by Crippen LogP contribution is 2.07. The summed E-state index contributed by atoms with van der Waals surface area (Å²) in [4.78, 5) is 12.0. The summed E-state index contributed by atoms with van der Waals surface area (Å²) in [5, 5.41) is 6.16. The molecule has 0 bridgehead atoms. The molecule has 3 N–H and O–H groups in total. The van der Waals surface area contributed by atoms with Crippen LogP contribution in [0.1, 0.15) is 19.3 Å². The summed E-state index contributed by atoms with van der Waals surface area (Å²) in [5.41, 5.74) is 0. The van der Waals surface area contributed by atoms with Crippen LogP contribution < -0.4 is 15.4 Å². The highest BCUT2D eigenvalue weighted by Gasteiger charge is 2.16. The van der Waals surface area contributed by atoms with Crippen molar-refractivity contribution < 1.29 is 13.2 Å². The van der Waals surface area contributed by atoms with Gasteiger partial charge in [0.15, 0.2) is 0 Å². The Balaban J connectivity index is 1.74. The molecule has 1 aliphatic heterocycles. The van der Waals surface area contributed by atoms with Crippen molar-refractivity contribution in [2.75, 3.05) is 19.6 Å². The van der Waals surface area contributed by atoms with Gasteiger partial charge >= 0.3 is 0 Å². The van der Waals surface area contributed by atoms with Gasteiger partial charge in [-0.1, -0.05) is 18.2 Å². The Morgan fingerprint density at radius 3 is 2.52 bits per heavy atom. The Hall–Kier alpha value is -1.44. The van der Waals surface area contributed by atoms with Crippen LogP contribution >= 0.6 is 0 Å². The predicted molar refractivity (Wildman–Crippen MR) is 80.3 cm³/mol. The van der Waals surface area contributed by atoms with E-state index in [9.17, 15) is 13.2 Å². The van der Waals surface area contributed by atoms with E-state index in [-0.39, 0.29) is 29.8 Å². The molecule has 6 nitrogen and oxygen atoms in total. The van der Waals surface area contributed by atoms with E-state index in [4.69, 9.17) is 0 Å². The number of piperidine rings is 1. The van der Waals surface area contributed by atoms with E-state index in [0.29, 0.717) is 0 Å². The minimum Gasteiger partial charge on any atom is -0.353 e.